The van der Waals surface area contributed by atoms with Crippen LogP contribution in [0.2, 0.25) is 0 Å². The van der Waals surface area contributed by atoms with Crippen LogP contribution in [-0.4, -0.2) is 6.54 Å². The number of halogens is 1. The number of hydrogen-bond acceptors (Lipinski definition) is 1. The van der Waals surface area contributed by atoms with E-state index < -0.39 is 0 Å². The molecule has 1 nitrogen and oxygen atoms in total. The SMILES string of the molecule is CCC1CCC(CNC(C)c2ccc(I)cc2)CC1. The first kappa shape index (κ1) is 15.3. The Balaban J connectivity index is 1.75. The molecule has 19 heavy (non-hydrogen) atoms. The first-order valence-electron chi connectivity index (χ1n) is 7.68. The normalized spacial score (nSPS) is 25.2. The Morgan fingerprint density at radius 3 is 2.26 bits per heavy atom. The summed E-state index contributed by atoms with van der Waals surface area (Å²) in [7, 11) is 0. The van der Waals surface area contributed by atoms with E-state index in [1.165, 1.54) is 47.8 Å². The zero-order chi connectivity index (χ0) is 13.7. The van der Waals surface area contributed by atoms with Crippen molar-refractivity contribution >= 4 is 22.6 Å². The second kappa shape index (κ2) is 7.63. The van der Waals surface area contributed by atoms with Gasteiger partial charge in [-0.15, -0.1) is 0 Å². The zero-order valence-corrected chi connectivity index (χ0v) is 14.3. The van der Waals surface area contributed by atoms with Gasteiger partial charge in [0.2, 0.25) is 0 Å². The van der Waals surface area contributed by atoms with Gasteiger partial charge in [-0.2, -0.15) is 0 Å². The summed E-state index contributed by atoms with van der Waals surface area (Å²) in [6.07, 6.45) is 7.11. The maximum atomic E-state index is 3.72. The lowest BCUT2D eigenvalue weighted by Gasteiger charge is -2.29. The van der Waals surface area contributed by atoms with E-state index in [1.54, 1.807) is 0 Å². The van der Waals surface area contributed by atoms with E-state index in [0.717, 1.165) is 11.8 Å². The van der Waals surface area contributed by atoms with Gasteiger partial charge in [-0.3, -0.25) is 0 Å². The molecule has 0 heterocycles. The highest BCUT2D eigenvalue weighted by Crippen LogP contribution is 2.30. The van der Waals surface area contributed by atoms with Gasteiger partial charge in [0.15, 0.2) is 0 Å². The van der Waals surface area contributed by atoms with Gasteiger partial charge in [-0.1, -0.05) is 38.3 Å². The molecule has 1 aliphatic carbocycles. The van der Waals surface area contributed by atoms with E-state index in [2.05, 4.69) is 66.0 Å². The predicted octanol–water partition coefficient (Wildman–Crippen LogP) is 5.16. The Hall–Kier alpha value is -0.0900. The lowest BCUT2D eigenvalue weighted by atomic mass is 9.81. The molecular formula is C17H26IN. The van der Waals surface area contributed by atoms with Gasteiger partial charge in [-0.25, -0.2) is 0 Å². The van der Waals surface area contributed by atoms with Crippen LogP contribution in [0.5, 0.6) is 0 Å². The Kier molecular flexibility index (Phi) is 6.14. The highest BCUT2D eigenvalue weighted by Gasteiger charge is 2.20. The standard InChI is InChI=1S/C17H26IN/c1-3-14-4-6-15(7-5-14)12-19-13(2)16-8-10-17(18)11-9-16/h8-11,13-15,19H,3-7,12H2,1-2H3. The summed E-state index contributed by atoms with van der Waals surface area (Å²) >= 11 is 2.36. The molecule has 0 aromatic heterocycles. The highest BCUT2D eigenvalue weighted by molar-refractivity contribution is 14.1. The summed E-state index contributed by atoms with van der Waals surface area (Å²) in [5.74, 6) is 1.90. The van der Waals surface area contributed by atoms with Crippen LogP contribution in [0.1, 0.15) is 57.6 Å². The fourth-order valence-electron chi connectivity index (χ4n) is 3.06. The summed E-state index contributed by atoms with van der Waals surface area (Å²) in [6.45, 7) is 5.80. The molecule has 0 bridgehead atoms. The highest BCUT2D eigenvalue weighted by atomic mass is 127. The first-order valence-corrected chi connectivity index (χ1v) is 8.75. The van der Waals surface area contributed by atoms with Crippen molar-refractivity contribution in [1.82, 2.24) is 5.32 Å². The van der Waals surface area contributed by atoms with Gasteiger partial charge in [-0.05, 0) is 78.4 Å². The van der Waals surface area contributed by atoms with Crippen LogP contribution < -0.4 is 5.32 Å². The number of hydrogen-bond donors (Lipinski definition) is 1. The fraction of sp³-hybridized carbons (Fsp3) is 0.647. The fourth-order valence-corrected chi connectivity index (χ4v) is 3.42. The van der Waals surface area contributed by atoms with Crippen LogP contribution in [-0.2, 0) is 0 Å². The molecule has 1 unspecified atom stereocenters. The summed E-state index contributed by atoms with van der Waals surface area (Å²) < 4.78 is 1.31. The van der Waals surface area contributed by atoms with Crippen molar-refractivity contribution in [3.63, 3.8) is 0 Å². The largest absolute Gasteiger partial charge is 0.310 e. The molecule has 1 aliphatic rings. The van der Waals surface area contributed by atoms with Crippen LogP contribution in [0, 0.1) is 15.4 Å². The van der Waals surface area contributed by atoms with Crippen LogP contribution in [0.3, 0.4) is 0 Å². The van der Waals surface area contributed by atoms with Crippen LogP contribution >= 0.6 is 22.6 Å². The molecule has 0 saturated heterocycles. The molecule has 1 N–H and O–H groups in total. The lowest BCUT2D eigenvalue weighted by molar-refractivity contribution is 0.258. The summed E-state index contributed by atoms with van der Waals surface area (Å²) in [6, 6.07) is 9.35. The minimum atomic E-state index is 0.473. The van der Waals surface area contributed by atoms with Gasteiger partial charge < -0.3 is 5.32 Å². The van der Waals surface area contributed by atoms with Crippen LogP contribution in [0.15, 0.2) is 24.3 Å². The van der Waals surface area contributed by atoms with Crippen molar-refractivity contribution in [3.05, 3.63) is 33.4 Å². The van der Waals surface area contributed by atoms with E-state index in [-0.39, 0.29) is 0 Å². The van der Waals surface area contributed by atoms with Crippen molar-refractivity contribution in [2.24, 2.45) is 11.8 Å². The van der Waals surface area contributed by atoms with Gasteiger partial charge in [0, 0.05) is 9.61 Å². The minimum Gasteiger partial charge on any atom is -0.310 e. The van der Waals surface area contributed by atoms with Gasteiger partial charge in [0.05, 0.1) is 0 Å². The van der Waals surface area contributed by atoms with Gasteiger partial charge in [0.25, 0.3) is 0 Å². The number of benzene rings is 1. The molecule has 2 heteroatoms. The molecule has 0 amide bonds. The second-order valence-electron chi connectivity index (χ2n) is 5.98. The second-order valence-corrected chi connectivity index (χ2v) is 7.22. The molecule has 0 aliphatic heterocycles. The average Bonchev–Trinajstić information content (AvgIpc) is 2.46. The molecule has 1 fully saturated rings. The predicted molar refractivity (Wildman–Crippen MR) is 91.3 cm³/mol. The van der Waals surface area contributed by atoms with Crippen LogP contribution in [0.25, 0.3) is 0 Å². The zero-order valence-electron chi connectivity index (χ0n) is 12.2. The smallest absolute Gasteiger partial charge is 0.0291 e. The molecule has 1 atom stereocenters. The lowest BCUT2D eigenvalue weighted by Crippen LogP contribution is -2.28. The molecule has 1 aromatic rings. The van der Waals surface area contributed by atoms with E-state index in [0.29, 0.717) is 6.04 Å². The quantitative estimate of drug-likeness (QED) is 0.705. The van der Waals surface area contributed by atoms with Crippen LogP contribution in [0.4, 0.5) is 0 Å². The van der Waals surface area contributed by atoms with E-state index in [9.17, 15) is 0 Å². The Labute approximate surface area is 131 Å². The molecule has 106 valence electrons. The Bertz CT molecular complexity index is 365. The summed E-state index contributed by atoms with van der Waals surface area (Å²) in [5, 5.41) is 3.72. The third kappa shape index (κ3) is 4.75. The molecule has 0 radical (unpaired) electrons. The topological polar surface area (TPSA) is 12.0 Å². The third-order valence-electron chi connectivity index (χ3n) is 4.63. The molecule has 1 aromatic carbocycles. The molecular weight excluding hydrogens is 345 g/mol. The van der Waals surface area contributed by atoms with E-state index in [1.807, 2.05) is 0 Å². The van der Waals surface area contributed by atoms with Crippen molar-refractivity contribution in [2.45, 2.75) is 52.0 Å². The minimum absolute atomic E-state index is 0.473. The van der Waals surface area contributed by atoms with Crippen molar-refractivity contribution < 1.29 is 0 Å². The third-order valence-corrected chi connectivity index (χ3v) is 5.35. The van der Waals surface area contributed by atoms with Gasteiger partial charge in [0.1, 0.15) is 0 Å². The Morgan fingerprint density at radius 2 is 1.68 bits per heavy atom. The Morgan fingerprint density at radius 1 is 1.11 bits per heavy atom. The average molecular weight is 371 g/mol. The summed E-state index contributed by atoms with van der Waals surface area (Å²) in [5.41, 5.74) is 1.41. The molecule has 0 spiro atoms. The first-order chi connectivity index (χ1) is 9.19. The van der Waals surface area contributed by atoms with Crippen molar-refractivity contribution in [3.8, 4) is 0 Å². The monoisotopic (exact) mass is 371 g/mol. The number of nitrogens with one attached hydrogen (secondary N) is 1. The molecule has 2 rings (SSSR count). The van der Waals surface area contributed by atoms with Crippen molar-refractivity contribution in [2.75, 3.05) is 6.54 Å². The number of rotatable bonds is 5. The molecule has 1 saturated carbocycles. The van der Waals surface area contributed by atoms with Crippen molar-refractivity contribution in [1.29, 1.82) is 0 Å². The van der Waals surface area contributed by atoms with E-state index in [4.69, 9.17) is 0 Å². The summed E-state index contributed by atoms with van der Waals surface area (Å²) in [4.78, 5) is 0. The van der Waals surface area contributed by atoms with E-state index >= 15 is 0 Å². The maximum absolute atomic E-state index is 3.72. The maximum Gasteiger partial charge on any atom is 0.0291 e. The van der Waals surface area contributed by atoms with Gasteiger partial charge >= 0.3 is 0 Å².